The van der Waals surface area contributed by atoms with Crippen molar-refractivity contribution in [2.24, 2.45) is 4.99 Å². The number of allylic oxidation sites excluding steroid dienone is 1. The molecule has 296 valence electrons. The summed E-state index contributed by atoms with van der Waals surface area (Å²) in [5.74, 6) is 0.900. The molecule has 0 saturated carbocycles. The second kappa shape index (κ2) is 15.2. The van der Waals surface area contributed by atoms with E-state index >= 15 is 0 Å². The summed E-state index contributed by atoms with van der Waals surface area (Å²) in [5, 5.41) is 9.34. The Hall–Kier alpha value is -8.41. The van der Waals surface area contributed by atoms with Crippen molar-refractivity contribution in [1.29, 1.82) is 0 Å². The molecule has 2 aromatic heterocycles. The van der Waals surface area contributed by atoms with E-state index in [9.17, 15) is 0 Å². The number of nitrogens with one attached hydrogen (secondary N) is 1. The molecule has 11 aromatic rings. The second-order valence-electron chi connectivity index (χ2n) is 16.0. The van der Waals surface area contributed by atoms with Crippen molar-refractivity contribution in [3.05, 3.63) is 241 Å². The van der Waals surface area contributed by atoms with E-state index in [0.717, 1.165) is 94.4 Å². The number of benzene rings is 9. The van der Waals surface area contributed by atoms with E-state index in [-0.39, 0.29) is 6.17 Å². The standard InChI is InChI=1S/C58H39N5/c1-3-13-38(14-4-1)39-24-28-43(29-25-39)52-37-53(61-57(60-52)45-16-5-2-6-17-45)44-30-26-40(27-31-44)41-32-34-46(35-33-41)63-56-51-23-12-36-59-54(51)48-20-9-10-21-49(48)55(56)62-58(63)50-22-11-18-42-15-7-8-19-47(42)50/h1-37,57,61H. The number of aliphatic imine (C=N–C) groups is 1. The summed E-state index contributed by atoms with van der Waals surface area (Å²) < 4.78 is 2.33. The highest BCUT2D eigenvalue weighted by Gasteiger charge is 2.23. The van der Waals surface area contributed by atoms with Crippen LogP contribution in [-0.4, -0.2) is 20.2 Å². The highest BCUT2D eigenvalue weighted by Crippen LogP contribution is 2.40. The van der Waals surface area contributed by atoms with Crippen molar-refractivity contribution < 1.29 is 0 Å². The maximum Gasteiger partial charge on any atom is 0.146 e. The normalized spacial score (nSPS) is 13.9. The van der Waals surface area contributed by atoms with Crippen molar-refractivity contribution >= 4 is 54.9 Å². The lowest BCUT2D eigenvalue weighted by Crippen LogP contribution is -2.24. The summed E-state index contributed by atoms with van der Waals surface area (Å²) >= 11 is 0. The van der Waals surface area contributed by atoms with Crippen molar-refractivity contribution in [2.75, 3.05) is 0 Å². The molecular weight excluding hydrogens is 767 g/mol. The van der Waals surface area contributed by atoms with Crippen LogP contribution in [0, 0.1) is 0 Å². The van der Waals surface area contributed by atoms with E-state index in [2.05, 4.69) is 210 Å². The second-order valence-corrected chi connectivity index (χ2v) is 16.0. The number of imidazole rings is 1. The SMILES string of the molecule is C1=C(c2ccc(-c3ccc(-n4c(-c5cccc6ccccc56)nc5c6ccccc6c6ncccc6c54)cc3)cc2)NC(c2ccccc2)N=C1c1ccc(-c2ccccc2)cc1. The van der Waals surface area contributed by atoms with Gasteiger partial charge in [0.15, 0.2) is 0 Å². The monoisotopic (exact) mass is 805 g/mol. The van der Waals surface area contributed by atoms with E-state index in [4.69, 9.17) is 15.0 Å². The number of hydrogen-bond donors (Lipinski definition) is 1. The lowest BCUT2D eigenvalue weighted by atomic mass is 9.98. The fraction of sp³-hybridized carbons (Fsp3) is 0.0172. The van der Waals surface area contributed by atoms with Crippen molar-refractivity contribution in [3.63, 3.8) is 0 Å². The molecular formula is C58H39N5. The topological polar surface area (TPSA) is 55.1 Å². The van der Waals surface area contributed by atoms with Gasteiger partial charge in [-0.2, -0.15) is 0 Å². The van der Waals surface area contributed by atoms with Crippen LogP contribution in [0.4, 0.5) is 0 Å². The van der Waals surface area contributed by atoms with Crippen LogP contribution in [0.5, 0.6) is 0 Å². The van der Waals surface area contributed by atoms with E-state index in [0.29, 0.717) is 0 Å². The molecule has 12 rings (SSSR count). The Labute approximate surface area is 365 Å². The maximum absolute atomic E-state index is 5.50. The predicted molar refractivity (Wildman–Crippen MR) is 261 cm³/mol. The van der Waals surface area contributed by atoms with Crippen molar-refractivity contribution in [1.82, 2.24) is 19.9 Å². The van der Waals surface area contributed by atoms with Crippen LogP contribution < -0.4 is 5.32 Å². The molecule has 0 aliphatic carbocycles. The van der Waals surface area contributed by atoms with Crippen LogP contribution in [0.15, 0.2) is 230 Å². The molecule has 0 bridgehead atoms. The Morgan fingerprint density at radius 1 is 0.429 bits per heavy atom. The Kier molecular flexibility index (Phi) is 8.82. The summed E-state index contributed by atoms with van der Waals surface area (Å²) in [6, 6.07) is 75.1. The molecule has 1 unspecified atom stereocenters. The molecule has 0 radical (unpaired) electrons. The van der Waals surface area contributed by atoms with Gasteiger partial charge >= 0.3 is 0 Å². The lowest BCUT2D eigenvalue weighted by Gasteiger charge is -2.25. The Bertz CT molecular complexity index is 3550. The Balaban J connectivity index is 0.923. The fourth-order valence-electron chi connectivity index (χ4n) is 9.18. The smallest absolute Gasteiger partial charge is 0.146 e. The molecule has 0 spiro atoms. The van der Waals surface area contributed by atoms with E-state index in [1.54, 1.807) is 0 Å². The molecule has 3 heterocycles. The van der Waals surface area contributed by atoms with E-state index < -0.39 is 0 Å². The number of hydrogen-bond acceptors (Lipinski definition) is 4. The zero-order valence-electron chi connectivity index (χ0n) is 34.2. The summed E-state index contributed by atoms with van der Waals surface area (Å²) in [5.41, 5.74) is 15.0. The van der Waals surface area contributed by atoms with Crippen LogP contribution in [0.1, 0.15) is 22.9 Å². The quantitative estimate of drug-likeness (QED) is 0.163. The third-order valence-corrected chi connectivity index (χ3v) is 12.3. The van der Waals surface area contributed by atoms with Gasteiger partial charge in [-0.05, 0) is 80.1 Å². The minimum atomic E-state index is -0.217. The van der Waals surface area contributed by atoms with Gasteiger partial charge in [-0.3, -0.25) is 14.5 Å². The first-order chi connectivity index (χ1) is 31.2. The third-order valence-electron chi connectivity index (χ3n) is 12.3. The minimum absolute atomic E-state index is 0.217. The molecule has 63 heavy (non-hydrogen) atoms. The Morgan fingerprint density at radius 2 is 0.984 bits per heavy atom. The zero-order chi connectivity index (χ0) is 41.7. The summed E-state index contributed by atoms with van der Waals surface area (Å²) in [6.45, 7) is 0. The van der Waals surface area contributed by atoms with Gasteiger partial charge in [-0.15, -0.1) is 0 Å². The molecule has 0 saturated heterocycles. The molecule has 1 aliphatic rings. The van der Waals surface area contributed by atoms with Gasteiger partial charge in [0, 0.05) is 39.3 Å². The number of pyridine rings is 1. The van der Waals surface area contributed by atoms with E-state index in [1.165, 1.54) is 16.5 Å². The molecule has 9 aromatic carbocycles. The third kappa shape index (κ3) is 6.46. The number of rotatable bonds is 7. The van der Waals surface area contributed by atoms with Crippen molar-refractivity contribution in [2.45, 2.75) is 6.17 Å². The van der Waals surface area contributed by atoms with Gasteiger partial charge in [0.05, 0.1) is 22.3 Å². The number of nitrogens with zero attached hydrogens (tertiary/aromatic N) is 4. The van der Waals surface area contributed by atoms with Crippen molar-refractivity contribution in [3.8, 4) is 39.3 Å². The highest BCUT2D eigenvalue weighted by atomic mass is 15.1. The molecule has 5 heteroatoms. The minimum Gasteiger partial charge on any atom is -0.360 e. The fourth-order valence-corrected chi connectivity index (χ4v) is 9.18. The van der Waals surface area contributed by atoms with Gasteiger partial charge in [-0.1, -0.05) is 188 Å². The number of fused-ring (bicyclic) bond motifs is 7. The maximum atomic E-state index is 5.50. The largest absolute Gasteiger partial charge is 0.360 e. The van der Waals surface area contributed by atoms with Gasteiger partial charge in [0.1, 0.15) is 12.0 Å². The average Bonchev–Trinajstić information content (AvgIpc) is 3.78. The summed E-state index contributed by atoms with van der Waals surface area (Å²) in [4.78, 5) is 15.6. The molecule has 1 atom stereocenters. The number of aromatic nitrogens is 3. The average molecular weight is 806 g/mol. The van der Waals surface area contributed by atoms with Crippen LogP contribution in [-0.2, 0) is 0 Å². The van der Waals surface area contributed by atoms with E-state index in [1.807, 2.05) is 24.4 Å². The Morgan fingerprint density at radius 3 is 1.71 bits per heavy atom. The predicted octanol–water partition coefficient (Wildman–Crippen LogP) is 14.0. The molecule has 0 amide bonds. The van der Waals surface area contributed by atoms with Crippen LogP contribution in [0.3, 0.4) is 0 Å². The van der Waals surface area contributed by atoms with Crippen LogP contribution in [0.25, 0.3) is 88.5 Å². The molecule has 0 fully saturated rings. The molecule has 1 N–H and O–H groups in total. The lowest BCUT2D eigenvalue weighted by molar-refractivity contribution is 0.664. The molecule has 5 nitrogen and oxygen atoms in total. The summed E-state index contributed by atoms with van der Waals surface area (Å²) in [6.07, 6.45) is 3.84. The highest BCUT2D eigenvalue weighted by molar-refractivity contribution is 6.23. The van der Waals surface area contributed by atoms with Gasteiger partial charge < -0.3 is 5.32 Å². The van der Waals surface area contributed by atoms with Gasteiger partial charge in [-0.25, -0.2) is 4.98 Å². The van der Waals surface area contributed by atoms with Crippen LogP contribution >= 0.6 is 0 Å². The zero-order valence-corrected chi connectivity index (χ0v) is 34.2. The summed E-state index contributed by atoms with van der Waals surface area (Å²) in [7, 11) is 0. The first-order valence-corrected chi connectivity index (χ1v) is 21.4. The first kappa shape index (κ1) is 36.4. The first-order valence-electron chi connectivity index (χ1n) is 21.4. The molecule has 1 aliphatic heterocycles. The van der Waals surface area contributed by atoms with Gasteiger partial charge in [0.25, 0.3) is 0 Å². The van der Waals surface area contributed by atoms with Crippen LogP contribution in [0.2, 0.25) is 0 Å². The van der Waals surface area contributed by atoms with Gasteiger partial charge in [0.2, 0.25) is 0 Å².